The summed E-state index contributed by atoms with van der Waals surface area (Å²) >= 11 is 0. The summed E-state index contributed by atoms with van der Waals surface area (Å²) in [4.78, 5) is 19.9. The summed E-state index contributed by atoms with van der Waals surface area (Å²) in [5, 5.41) is 6.51. The average molecular weight is 370 g/mol. The van der Waals surface area contributed by atoms with E-state index in [-0.39, 0.29) is 6.01 Å². The van der Waals surface area contributed by atoms with Gasteiger partial charge in [0.05, 0.1) is 14.2 Å². The van der Waals surface area contributed by atoms with Crippen molar-refractivity contribution in [3.8, 4) is 22.9 Å². The molecule has 140 valence electrons. The van der Waals surface area contributed by atoms with Crippen molar-refractivity contribution in [3.63, 3.8) is 0 Å². The fraction of sp³-hybridized carbons (Fsp3) is 0.176. The first-order chi connectivity index (χ1) is 13.2. The van der Waals surface area contributed by atoms with Crippen molar-refractivity contribution >= 4 is 12.0 Å². The third kappa shape index (κ3) is 4.63. The predicted molar refractivity (Wildman–Crippen MR) is 96.1 cm³/mol. The zero-order valence-electron chi connectivity index (χ0n) is 14.7. The second-order valence-corrected chi connectivity index (χ2v) is 5.28. The number of carbonyl (C=O) groups excluding carboxylic acids is 1. The van der Waals surface area contributed by atoms with E-state index in [0.29, 0.717) is 23.9 Å². The molecule has 0 atom stereocenters. The second kappa shape index (κ2) is 8.52. The number of carbonyl (C=O) groups is 1. The van der Waals surface area contributed by atoms with Crippen molar-refractivity contribution in [2.24, 2.45) is 0 Å². The molecule has 2 heterocycles. The molecule has 3 aromatic rings. The number of anilines is 1. The maximum absolute atomic E-state index is 11.9. The molecule has 0 aliphatic heterocycles. The number of amides is 2. The van der Waals surface area contributed by atoms with Gasteiger partial charge < -0.3 is 19.3 Å². The molecule has 1 aromatic carbocycles. The van der Waals surface area contributed by atoms with Gasteiger partial charge >= 0.3 is 12.0 Å². The van der Waals surface area contributed by atoms with Crippen LogP contribution < -0.4 is 25.6 Å². The molecule has 0 bridgehead atoms. The van der Waals surface area contributed by atoms with E-state index in [1.807, 2.05) is 6.07 Å². The standard InChI is InChI=1S/C17H18N6O4/c1-25-13-4-3-11(9-14(13)26-2)10-19-16(24)21-22-17-20-15(23-27-17)12-5-7-18-8-6-12/h3-9H,10H2,1-2H3,(H2,19,21,24)(H,20,22,23). The van der Waals surface area contributed by atoms with Crippen LogP contribution in [0.15, 0.2) is 47.2 Å². The lowest BCUT2D eigenvalue weighted by Gasteiger charge is -2.10. The van der Waals surface area contributed by atoms with Crippen LogP contribution in [-0.4, -0.2) is 35.4 Å². The third-order valence-corrected chi connectivity index (χ3v) is 3.55. The smallest absolute Gasteiger partial charge is 0.340 e. The van der Waals surface area contributed by atoms with Gasteiger partial charge in [-0.05, 0) is 29.8 Å². The summed E-state index contributed by atoms with van der Waals surface area (Å²) in [6.07, 6.45) is 3.25. The Hall–Kier alpha value is -3.82. The summed E-state index contributed by atoms with van der Waals surface area (Å²) in [6, 6.07) is 8.47. The van der Waals surface area contributed by atoms with Gasteiger partial charge in [0.25, 0.3) is 0 Å². The van der Waals surface area contributed by atoms with Gasteiger partial charge in [-0.25, -0.2) is 15.6 Å². The first-order valence-electron chi connectivity index (χ1n) is 7.94. The second-order valence-electron chi connectivity index (χ2n) is 5.28. The fourth-order valence-corrected chi connectivity index (χ4v) is 2.22. The van der Waals surface area contributed by atoms with Gasteiger partial charge in [-0.15, -0.1) is 0 Å². The third-order valence-electron chi connectivity index (χ3n) is 3.55. The molecule has 0 saturated heterocycles. The van der Waals surface area contributed by atoms with Crippen molar-refractivity contribution in [1.29, 1.82) is 0 Å². The van der Waals surface area contributed by atoms with E-state index in [2.05, 4.69) is 31.3 Å². The molecule has 0 fully saturated rings. The highest BCUT2D eigenvalue weighted by Crippen LogP contribution is 2.27. The van der Waals surface area contributed by atoms with E-state index >= 15 is 0 Å². The largest absolute Gasteiger partial charge is 0.493 e. The number of nitrogens with one attached hydrogen (secondary N) is 3. The Labute approximate surface area is 154 Å². The Bertz CT molecular complexity index is 899. The predicted octanol–water partition coefficient (Wildman–Crippen LogP) is 1.98. The molecule has 27 heavy (non-hydrogen) atoms. The van der Waals surface area contributed by atoms with E-state index in [1.165, 1.54) is 0 Å². The van der Waals surface area contributed by atoms with Crippen LogP contribution in [0.5, 0.6) is 11.5 Å². The molecule has 10 nitrogen and oxygen atoms in total. The maximum atomic E-state index is 11.9. The molecular weight excluding hydrogens is 352 g/mol. The van der Waals surface area contributed by atoms with E-state index < -0.39 is 6.03 Å². The lowest BCUT2D eigenvalue weighted by molar-refractivity contribution is 0.242. The highest BCUT2D eigenvalue weighted by molar-refractivity contribution is 5.75. The summed E-state index contributed by atoms with van der Waals surface area (Å²) in [7, 11) is 3.11. The van der Waals surface area contributed by atoms with Gasteiger partial charge in [-0.2, -0.15) is 4.98 Å². The highest BCUT2D eigenvalue weighted by Gasteiger charge is 2.09. The van der Waals surface area contributed by atoms with Crippen LogP contribution in [0.2, 0.25) is 0 Å². The summed E-state index contributed by atoms with van der Waals surface area (Å²) in [5.41, 5.74) is 6.57. The summed E-state index contributed by atoms with van der Waals surface area (Å²) < 4.78 is 15.4. The average Bonchev–Trinajstić information content (AvgIpc) is 3.20. The minimum atomic E-state index is -0.464. The van der Waals surface area contributed by atoms with Crippen LogP contribution in [0.1, 0.15) is 5.56 Å². The lowest BCUT2D eigenvalue weighted by atomic mass is 10.2. The summed E-state index contributed by atoms with van der Waals surface area (Å²) in [5.74, 6) is 1.59. The number of hydrogen-bond acceptors (Lipinski definition) is 8. The molecule has 0 saturated carbocycles. The number of hydrazine groups is 1. The number of hydrogen-bond donors (Lipinski definition) is 3. The van der Waals surface area contributed by atoms with Crippen molar-refractivity contribution in [1.82, 2.24) is 25.9 Å². The van der Waals surface area contributed by atoms with Crippen LogP contribution in [0.25, 0.3) is 11.4 Å². The van der Waals surface area contributed by atoms with Crippen molar-refractivity contribution in [3.05, 3.63) is 48.3 Å². The highest BCUT2D eigenvalue weighted by atomic mass is 16.5. The van der Waals surface area contributed by atoms with Crippen molar-refractivity contribution in [2.45, 2.75) is 6.54 Å². The van der Waals surface area contributed by atoms with Crippen LogP contribution >= 0.6 is 0 Å². The van der Waals surface area contributed by atoms with Crippen LogP contribution in [-0.2, 0) is 6.54 Å². The lowest BCUT2D eigenvalue weighted by Crippen LogP contribution is -2.38. The normalized spacial score (nSPS) is 10.1. The van der Waals surface area contributed by atoms with E-state index in [0.717, 1.165) is 11.1 Å². The zero-order valence-corrected chi connectivity index (χ0v) is 14.7. The van der Waals surface area contributed by atoms with Gasteiger partial charge in [-0.1, -0.05) is 11.2 Å². The minimum absolute atomic E-state index is 0.0584. The Morgan fingerprint density at radius 2 is 1.89 bits per heavy atom. The molecular formula is C17H18N6O4. The topological polar surface area (TPSA) is 123 Å². The Balaban J connectivity index is 1.50. The Morgan fingerprint density at radius 3 is 2.63 bits per heavy atom. The number of aromatic nitrogens is 3. The van der Waals surface area contributed by atoms with Crippen LogP contribution in [0.3, 0.4) is 0 Å². The SMILES string of the molecule is COc1ccc(CNC(=O)NNc2nc(-c3ccncc3)no2)cc1OC. The number of rotatable bonds is 7. The van der Waals surface area contributed by atoms with Gasteiger partial charge in [-0.3, -0.25) is 4.98 Å². The molecule has 2 aromatic heterocycles. The summed E-state index contributed by atoms with van der Waals surface area (Å²) in [6.45, 7) is 0.292. The van der Waals surface area contributed by atoms with E-state index in [1.54, 1.807) is 50.9 Å². The van der Waals surface area contributed by atoms with Crippen LogP contribution in [0.4, 0.5) is 10.8 Å². The van der Waals surface area contributed by atoms with Gasteiger partial charge in [0.15, 0.2) is 11.5 Å². The Kier molecular flexibility index (Phi) is 5.67. The minimum Gasteiger partial charge on any atom is -0.493 e. The van der Waals surface area contributed by atoms with Crippen LogP contribution in [0, 0.1) is 0 Å². The molecule has 3 rings (SSSR count). The van der Waals surface area contributed by atoms with E-state index in [9.17, 15) is 4.79 Å². The molecule has 0 aliphatic rings. The molecule has 0 spiro atoms. The molecule has 0 unspecified atom stereocenters. The number of ether oxygens (including phenoxy) is 2. The van der Waals surface area contributed by atoms with Crippen molar-refractivity contribution in [2.75, 3.05) is 19.6 Å². The number of pyridine rings is 1. The Morgan fingerprint density at radius 1 is 1.11 bits per heavy atom. The number of nitrogens with zero attached hydrogens (tertiary/aromatic N) is 3. The maximum Gasteiger partial charge on any atom is 0.340 e. The number of benzene rings is 1. The molecule has 0 radical (unpaired) electrons. The first kappa shape index (κ1) is 18.0. The molecule has 3 N–H and O–H groups in total. The van der Waals surface area contributed by atoms with Crippen molar-refractivity contribution < 1.29 is 18.8 Å². The van der Waals surface area contributed by atoms with Gasteiger partial charge in [0.1, 0.15) is 0 Å². The van der Waals surface area contributed by atoms with E-state index in [4.69, 9.17) is 14.0 Å². The van der Waals surface area contributed by atoms with Gasteiger partial charge in [0.2, 0.25) is 5.82 Å². The number of urea groups is 1. The molecule has 0 aliphatic carbocycles. The van der Waals surface area contributed by atoms with Gasteiger partial charge in [0, 0.05) is 24.5 Å². The molecule has 2 amide bonds. The monoisotopic (exact) mass is 370 g/mol. The first-order valence-corrected chi connectivity index (χ1v) is 7.94. The fourth-order valence-electron chi connectivity index (χ4n) is 2.22. The quantitative estimate of drug-likeness (QED) is 0.540. The molecule has 10 heteroatoms. The number of methoxy groups -OCH3 is 2. The zero-order chi connectivity index (χ0) is 19.1.